The summed E-state index contributed by atoms with van der Waals surface area (Å²) in [7, 11) is 0. The van der Waals surface area contributed by atoms with Crippen LogP contribution in [0.5, 0.6) is 5.75 Å². The van der Waals surface area contributed by atoms with Crippen LogP contribution in [-0.4, -0.2) is 23.2 Å². The number of aromatic nitrogens is 1. The number of pyridine rings is 1. The zero-order chi connectivity index (χ0) is 16.5. The van der Waals surface area contributed by atoms with Gasteiger partial charge < -0.3 is 10.1 Å². The second kappa shape index (κ2) is 6.21. The minimum atomic E-state index is -0.404. The van der Waals surface area contributed by atoms with Crippen molar-refractivity contribution < 1.29 is 9.13 Å². The average Bonchev–Trinajstić information content (AvgIpc) is 2.93. The van der Waals surface area contributed by atoms with E-state index in [1.54, 1.807) is 30.5 Å². The number of nitrogens with zero attached hydrogens (tertiary/aromatic N) is 2. The summed E-state index contributed by atoms with van der Waals surface area (Å²) >= 11 is 0. The van der Waals surface area contributed by atoms with Gasteiger partial charge in [0.25, 0.3) is 0 Å². The molecule has 2 atom stereocenters. The summed E-state index contributed by atoms with van der Waals surface area (Å²) in [4.78, 5) is 4.10. The van der Waals surface area contributed by atoms with E-state index in [0.29, 0.717) is 29.0 Å². The molecular weight excluding hydrogens is 305 g/mol. The Balaban J connectivity index is 1.63. The third kappa shape index (κ3) is 2.98. The summed E-state index contributed by atoms with van der Waals surface area (Å²) in [6.45, 7) is 0. The lowest BCUT2D eigenvalue weighted by Gasteiger charge is -2.29. The fraction of sp³-hybridized carbons (Fsp3) is 0.368. The number of benzene rings is 1. The molecule has 2 aromatic rings. The normalized spacial score (nSPS) is 25.2. The fourth-order valence-electron chi connectivity index (χ4n) is 3.76. The lowest BCUT2D eigenvalue weighted by Crippen LogP contribution is -2.42. The number of rotatable bonds is 3. The molecule has 1 aromatic carbocycles. The lowest BCUT2D eigenvalue weighted by atomic mass is 10.0. The lowest BCUT2D eigenvalue weighted by molar-refractivity contribution is 0.137. The first-order chi connectivity index (χ1) is 11.7. The molecule has 5 heteroatoms. The molecular formula is C19H18FN3O. The Hall–Kier alpha value is -2.45. The first-order valence-corrected chi connectivity index (χ1v) is 8.30. The van der Waals surface area contributed by atoms with Gasteiger partial charge in [0.05, 0.1) is 11.6 Å². The molecule has 3 heterocycles. The van der Waals surface area contributed by atoms with Crippen molar-refractivity contribution in [2.75, 3.05) is 0 Å². The van der Waals surface area contributed by atoms with E-state index >= 15 is 0 Å². The zero-order valence-corrected chi connectivity index (χ0v) is 13.2. The Labute approximate surface area is 140 Å². The average molecular weight is 323 g/mol. The van der Waals surface area contributed by atoms with Crippen LogP contribution in [0.4, 0.5) is 4.39 Å². The van der Waals surface area contributed by atoms with Crippen LogP contribution in [-0.2, 0) is 0 Å². The number of ether oxygens (including phenoxy) is 1. The molecule has 0 spiro atoms. The number of piperidine rings is 1. The first-order valence-electron chi connectivity index (χ1n) is 8.30. The third-order valence-corrected chi connectivity index (χ3v) is 4.80. The van der Waals surface area contributed by atoms with Crippen molar-refractivity contribution in [2.45, 2.75) is 43.9 Å². The molecule has 4 nitrogen and oxygen atoms in total. The number of halogens is 1. The summed E-state index contributed by atoms with van der Waals surface area (Å²) in [5.41, 5.74) is 1.26. The van der Waals surface area contributed by atoms with Gasteiger partial charge in [-0.1, -0.05) is 0 Å². The predicted octanol–water partition coefficient (Wildman–Crippen LogP) is 3.42. The van der Waals surface area contributed by atoms with Crippen molar-refractivity contribution in [3.05, 3.63) is 47.9 Å². The van der Waals surface area contributed by atoms with Crippen LogP contribution < -0.4 is 10.1 Å². The number of hydrogen-bond donors (Lipinski definition) is 1. The van der Waals surface area contributed by atoms with E-state index in [1.165, 1.54) is 18.9 Å². The van der Waals surface area contributed by atoms with Crippen molar-refractivity contribution in [3.63, 3.8) is 0 Å². The smallest absolute Gasteiger partial charge is 0.149 e. The minimum absolute atomic E-state index is 0.138. The van der Waals surface area contributed by atoms with Crippen molar-refractivity contribution >= 4 is 0 Å². The predicted molar refractivity (Wildman–Crippen MR) is 87.9 cm³/mol. The number of hydrogen-bond acceptors (Lipinski definition) is 4. The molecule has 122 valence electrons. The second-order valence-electron chi connectivity index (χ2n) is 6.54. The SMILES string of the molecule is N#Cc1cc(OC2C[C@H]3CC[C@H](C2)N3)cc(-c2ncccc2F)c1. The Bertz CT molecular complexity index is 789. The number of fused-ring (bicyclic) bond motifs is 2. The van der Waals surface area contributed by atoms with Gasteiger partial charge in [0.1, 0.15) is 23.4 Å². The van der Waals surface area contributed by atoms with E-state index in [1.807, 2.05) is 0 Å². The summed E-state index contributed by atoms with van der Waals surface area (Å²) in [6, 6.07) is 11.2. The van der Waals surface area contributed by atoms with Gasteiger partial charge >= 0.3 is 0 Å². The van der Waals surface area contributed by atoms with Gasteiger partial charge in [-0.25, -0.2) is 4.39 Å². The molecule has 2 bridgehead atoms. The van der Waals surface area contributed by atoms with Gasteiger partial charge in [-0.15, -0.1) is 0 Å². The topological polar surface area (TPSA) is 57.9 Å². The molecule has 24 heavy (non-hydrogen) atoms. The van der Waals surface area contributed by atoms with E-state index < -0.39 is 5.82 Å². The van der Waals surface area contributed by atoms with Gasteiger partial charge in [-0.05, 0) is 56.0 Å². The number of nitriles is 1. The fourth-order valence-corrected chi connectivity index (χ4v) is 3.76. The second-order valence-corrected chi connectivity index (χ2v) is 6.54. The van der Waals surface area contributed by atoms with Crippen LogP contribution in [0.15, 0.2) is 36.5 Å². The minimum Gasteiger partial charge on any atom is -0.490 e. The number of nitrogens with one attached hydrogen (secondary N) is 1. The van der Waals surface area contributed by atoms with Crippen LogP contribution >= 0.6 is 0 Å². The van der Waals surface area contributed by atoms with E-state index in [9.17, 15) is 9.65 Å². The van der Waals surface area contributed by atoms with Crippen molar-refractivity contribution in [2.24, 2.45) is 0 Å². The Kier molecular flexibility index (Phi) is 3.91. The molecule has 2 aliphatic heterocycles. The molecule has 0 aliphatic carbocycles. The highest BCUT2D eigenvalue weighted by Gasteiger charge is 2.34. The molecule has 0 unspecified atom stereocenters. The van der Waals surface area contributed by atoms with Gasteiger partial charge in [-0.2, -0.15) is 5.26 Å². The quantitative estimate of drug-likeness (QED) is 0.940. The Morgan fingerprint density at radius 1 is 1.21 bits per heavy atom. The van der Waals surface area contributed by atoms with Crippen molar-refractivity contribution in [1.82, 2.24) is 10.3 Å². The first kappa shape index (κ1) is 15.1. The van der Waals surface area contributed by atoms with Crippen LogP contribution in [0.1, 0.15) is 31.2 Å². The summed E-state index contributed by atoms with van der Waals surface area (Å²) in [6.07, 6.45) is 6.03. The molecule has 2 saturated heterocycles. The molecule has 0 saturated carbocycles. The third-order valence-electron chi connectivity index (χ3n) is 4.80. The highest BCUT2D eigenvalue weighted by atomic mass is 19.1. The van der Waals surface area contributed by atoms with E-state index in [0.717, 1.165) is 12.8 Å². The van der Waals surface area contributed by atoms with Gasteiger partial charge in [0.2, 0.25) is 0 Å². The van der Waals surface area contributed by atoms with Crippen LogP contribution in [0, 0.1) is 17.1 Å². The van der Waals surface area contributed by atoms with E-state index in [4.69, 9.17) is 4.74 Å². The molecule has 2 aliphatic rings. The molecule has 0 amide bonds. The molecule has 2 fully saturated rings. The maximum atomic E-state index is 14.0. The van der Waals surface area contributed by atoms with Gasteiger partial charge in [0.15, 0.2) is 0 Å². The van der Waals surface area contributed by atoms with Crippen molar-refractivity contribution in [1.29, 1.82) is 5.26 Å². The summed E-state index contributed by atoms with van der Waals surface area (Å²) in [5.74, 6) is 0.207. The van der Waals surface area contributed by atoms with Crippen LogP contribution in [0.2, 0.25) is 0 Å². The Morgan fingerprint density at radius 3 is 2.71 bits per heavy atom. The van der Waals surface area contributed by atoms with Crippen LogP contribution in [0.3, 0.4) is 0 Å². The summed E-state index contributed by atoms with van der Waals surface area (Å²) < 4.78 is 20.2. The maximum Gasteiger partial charge on any atom is 0.149 e. The standard InChI is InChI=1S/C19H18FN3O/c20-18-2-1-5-22-19(18)13-6-12(11-21)7-16(8-13)24-17-9-14-3-4-15(10-17)23-14/h1-2,5-8,14-15,17,23H,3-4,9-10H2/t14-,15-/m1/s1. The monoisotopic (exact) mass is 323 g/mol. The molecule has 1 N–H and O–H groups in total. The zero-order valence-electron chi connectivity index (χ0n) is 13.2. The van der Waals surface area contributed by atoms with E-state index in [2.05, 4.69) is 16.4 Å². The van der Waals surface area contributed by atoms with Gasteiger partial charge in [0, 0.05) is 23.8 Å². The van der Waals surface area contributed by atoms with Crippen LogP contribution in [0.25, 0.3) is 11.3 Å². The maximum absolute atomic E-state index is 14.0. The van der Waals surface area contributed by atoms with Crippen molar-refractivity contribution in [3.8, 4) is 23.1 Å². The molecule has 1 aromatic heterocycles. The highest BCUT2D eigenvalue weighted by molar-refractivity contribution is 5.64. The van der Waals surface area contributed by atoms with E-state index in [-0.39, 0.29) is 11.8 Å². The molecule has 0 radical (unpaired) electrons. The largest absolute Gasteiger partial charge is 0.490 e. The highest BCUT2D eigenvalue weighted by Crippen LogP contribution is 2.32. The summed E-state index contributed by atoms with van der Waals surface area (Å²) in [5, 5.41) is 12.9. The Morgan fingerprint density at radius 2 is 2.00 bits per heavy atom. The van der Waals surface area contributed by atoms with Gasteiger partial charge in [-0.3, -0.25) is 4.98 Å². The molecule has 4 rings (SSSR count).